The largest absolute Gasteiger partial charge is 0.511 e. The second-order valence-electron chi connectivity index (χ2n) is 6.23. The molecule has 0 aliphatic heterocycles. The van der Waals surface area contributed by atoms with E-state index >= 15 is 0 Å². The molecule has 0 saturated heterocycles. The molecule has 0 spiro atoms. The maximum Gasteiger partial charge on any atom is 0.170 e. The number of aryl methyl sites for hydroxylation is 2. The van der Waals surface area contributed by atoms with E-state index < -0.39 is 0 Å². The van der Waals surface area contributed by atoms with E-state index in [1.165, 1.54) is 0 Å². The lowest BCUT2D eigenvalue weighted by atomic mass is 9.80. The molecule has 3 rings (SSSR count). The monoisotopic (exact) mass is 348 g/mol. The lowest BCUT2D eigenvalue weighted by molar-refractivity contribution is -0.118. The number of rotatable bonds is 2. The van der Waals surface area contributed by atoms with Crippen molar-refractivity contribution in [2.45, 2.75) is 46.0 Å². The van der Waals surface area contributed by atoms with Crippen molar-refractivity contribution >= 4 is 27.3 Å². The van der Waals surface area contributed by atoms with Gasteiger partial charge < -0.3 is 5.11 Å². The van der Waals surface area contributed by atoms with Gasteiger partial charge in [0, 0.05) is 16.3 Å². The number of hydrogen-bond acceptors (Lipinski definition) is 2. The minimum absolute atomic E-state index is 0.0153. The van der Waals surface area contributed by atoms with Gasteiger partial charge in [-0.2, -0.15) is 0 Å². The van der Waals surface area contributed by atoms with Crippen molar-refractivity contribution in [3.8, 4) is 0 Å². The van der Waals surface area contributed by atoms with E-state index in [2.05, 4.69) is 28.9 Å². The third kappa shape index (κ3) is 2.36. The number of aliphatic hydroxyl groups is 1. The smallest absolute Gasteiger partial charge is 0.170 e. The van der Waals surface area contributed by atoms with Gasteiger partial charge in [-0.3, -0.25) is 4.79 Å². The van der Waals surface area contributed by atoms with Gasteiger partial charge in [-0.25, -0.2) is 0 Å². The Morgan fingerprint density at radius 3 is 2.52 bits per heavy atom. The number of carbonyl (C=O) groups is 1. The fourth-order valence-corrected chi connectivity index (χ4v) is 4.59. The fraction of sp³-hybridized carbons (Fsp3) is 0.500. The summed E-state index contributed by atoms with van der Waals surface area (Å²) in [4.78, 5) is 12.8. The summed E-state index contributed by atoms with van der Waals surface area (Å²) >= 11 is 3.52. The zero-order valence-electron chi connectivity index (χ0n) is 12.6. The van der Waals surface area contributed by atoms with Crippen LogP contribution < -0.4 is 0 Å². The normalized spacial score (nSPS) is 25.4. The van der Waals surface area contributed by atoms with E-state index in [9.17, 15) is 9.90 Å². The molecule has 1 aromatic carbocycles. The summed E-state index contributed by atoms with van der Waals surface area (Å²) in [6, 6.07) is 4.10. The van der Waals surface area contributed by atoms with Crippen molar-refractivity contribution in [1.29, 1.82) is 0 Å². The van der Waals surface area contributed by atoms with Crippen LogP contribution in [0.1, 0.15) is 49.3 Å². The van der Waals surface area contributed by atoms with Crippen molar-refractivity contribution in [2.24, 2.45) is 11.8 Å². The molecule has 2 nitrogen and oxygen atoms in total. The number of halogens is 1. The molecule has 1 N–H and O–H groups in total. The highest BCUT2D eigenvalue weighted by Gasteiger charge is 2.44. The highest BCUT2D eigenvalue weighted by Crippen LogP contribution is 2.47. The van der Waals surface area contributed by atoms with E-state index in [0.29, 0.717) is 11.3 Å². The van der Waals surface area contributed by atoms with Crippen LogP contribution in [0.15, 0.2) is 22.4 Å². The SMILES string of the molecule is CCc1cc(Br)cc(C)c1C1=C(O)C2CCCCC2C1=O. The predicted octanol–water partition coefficient (Wildman–Crippen LogP) is 4.98. The topological polar surface area (TPSA) is 37.3 Å². The lowest BCUT2D eigenvalue weighted by Crippen LogP contribution is -2.21. The molecule has 2 aliphatic rings. The zero-order chi connectivity index (χ0) is 15.1. The molecule has 2 unspecified atom stereocenters. The molecular weight excluding hydrogens is 328 g/mol. The van der Waals surface area contributed by atoms with Crippen molar-refractivity contribution in [1.82, 2.24) is 0 Å². The summed E-state index contributed by atoms with van der Waals surface area (Å²) in [6.45, 7) is 4.11. The van der Waals surface area contributed by atoms with E-state index in [1.54, 1.807) is 0 Å². The first kappa shape index (κ1) is 14.8. The number of Topliss-reactive ketones (excluding diaryl/α,β-unsaturated/α-hetero) is 1. The molecule has 1 fully saturated rings. The summed E-state index contributed by atoms with van der Waals surface area (Å²) in [6.07, 6.45) is 4.95. The van der Waals surface area contributed by atoms with E-state index in [0.717, 1.165) is 53.3 Å². The second-order valence-corrected chi connectivity index (χ2v) is 7.15. The number of allylic oxidation sites excluding steroid dienone is 2. The quantitative estimate of drug-likeness (QED) is 0.818. The standard InChI is InChI=1S/C18H21BrO2/c1-3-11-9-12(19)8-10(2)15(11)16-17(20)13-6-4-5-7-14(13)18(16)21/h8-9,13-14,20H,3-7H2,1-2H3. The number of aliphatic hydroxyl groups excluding tert-OH is 1. The molecule has 2 atom stereocenters. The van der Waals surface area contributed by atoms with Gasteiger partial charge in [-0.05, 0) is 55.0 Å². The van der Waals surface area contributed by atoms with Gasteiger partial charge in [-0.15, -0.1) is 0 Å². The lowest BCUT2D eigenvalue weighted by Gasteiger charge is -2.23. The molecule has 3 heteroatoms. The summed E-state index contributed by atoms with van der Waals surface area (Å²) in [7, 11) is 0. The van der Waals surface area contributed by atoms with Crippen molar-refractivity contribution < 1.29 is 9.90 Å². The summed E-state index contributed by atoms with van der Waals surface area (Å²) in [5, 5.41) is 10.7. The Kier molecular flexibility index (Phi) is 3.96. The number of benzene rings is 1. The van der Waals surface area contributed by atoms with Crippen LogP contribution in [0.2, 0.25) is 0 Å². The Balaban J connectivity index is 2.16. The van der Waals surface area contributed by atoms with Gasteiger partial charge in [0.2, 0.25) is 0 Å². The van der Waals surface area contributed by atoms with Crippen LogP contribution >= 0.6 is 15.9 Å². The molecule has 0 bridgehead atoms. The summed E-state index contributed by atoms with van der Waals surface area (Å²) in [5.74, 6) is 0.595. The zero-order valence-corrected chi connectivity index (χ0v) is 14.2. The molecule has 112 valence electrons. The molecule has 0 aromatic heterocycles. The van der Waals surface area contributed by atoms with Crippen LogP contribution in [-0.2, 0) is 11.2 Å². The number of carbonyl (C=O) groups excluding carboxylic acids is 1. The maximum absolute atomic E-state index is 12.8. The highest BCUT2D eigenvalue weighted by molar-refractivity contribution is 9.10. The third-order valence-electron chi connectivity index (χ3n) is 4.97. The van der Waals surface area contributed by atoms with Crippen LogP contribution in [0.25, 0.3) is 5.57 Å². The van der Waals surface area contributed by atoms with Gasteiger partial charge in [0.25, 0.3) is 0 Å². The molecule has 0 radical (unpaired) electrons. The average molecular weight is 349 g/mol. The predicted molar refractivity (Wildman–Crippen MR) is 88.3 cm³/mol. The van der Waals surface area contributed by atoms with Crippen LogP contribution in [0.3, 0.4) is 0 Å². The Labute approximate surface area is 134 Å². The first-order valence-corrected chi connectivity index (χ1v) is 8.60. The highest BCUT2D eigenvalue weighted by atomic mass is 79.9. The molecule has 1 saturated carbocycles. The molecule has 21 heavy (non-hydrogen) atoms. The van der Waals surface area contributed by atoms with Crippen LogP contribution in [-0.4, -0.2) is 10.9 Å². The van der Waals surface area contributed by atoms with Gasteiger partial charge in [0.1, 0.15) is 5.76 Å². The minimum atomic E-state index is 0.0153. The first-order chi connectivity index (χ1) is 10.0. The van der Waals surface area contributed by atoms with Gasteiger partial charge in [0.15, 0.2) is 5.78 Å². The molecule has 0 heterocycles. The van der Waals surface area contributed by atoms with Crippen molar-refractivity contribution in [3.05, 3.63) is 39.1 Å². The van der Waals surface area contributed by atoms with Gasteiger partial charge in [-0.1, -0.05) is 35.7 Å². The van der Waals surface area contributed by atoms with Crippen LogP contribution in [0.5, 0.6) is 0 Å². The van der Waals surface area contributed by atoms with E-state index in [4.69, 9.17) is 0 Å². The first-order valence-electron chi connectivity index (χ1n) is 7.81. The molecule has 2 aliphatic carbocycles. The van der Waals surface area contributed by atoms with E-state index in [-0.39, 0.29) is 17.6 Å². The van der Waals surface area contributed by atoms with Gasteiger partial charge in [0.05, 0.1) is 5.57 Å². The fourth-order valence-electron chi connectivity index (χ4n) is 3.97. The van der Waals surface area contributed by atoms with Gasteiger partial charge >= 0.3 is 0 Å². The average Bonchev–Trinajstić information content (AvgIpc) is 2.71. The Morgan fingerprint density at radius 1 is 1.24 bits per heavy atom. The molecular formula is C18H21BrO2. The Bertz CT molecular complexity index is 630. The number of hydrogen-bond donors (Lipinski definition) is 1. The van der Waals surface area contributed by atoms with Crippen LogP contribution in [0, 0.1) is 18.8 Å². The number of fused-ring (bicyclic) bond motifs is 1. The third-order valence-corrected chi connectivity index (χ3v) is 5.43. The Hall–Kier alpha value is -1.09. The van der Waals surface area contributed by atoms with Crippen molar-refractivity contribution in [2.75, 3.05) is 0 Å². The van der Waals surface area contributed by atoms with Crippen LogP contribution in [0.4, 0.5) is 0 Å². The second kappa shape index (κ2) is 5.60. The molecule has 0 amide bonds. The van der Waals surface area contributed by atoms with E-state index in [1.807, 2.05) is 13.0 Å². The Morgan fingerprint density at radius 2 is 1.90 bits per heavy atom. The minimum Gasteiger partial charge on any atom is -0.511 e. The maximum atomic E-state index is 12.8. The summed E-state index contributed by atoms with van der Waals surface area (Å²) in [5.41, 5.74) is 3.77. The summed E-state index contributed by atoms with van der Waals surface area (Å²) < 4.78 is 1.03. The van der Waals surface area contributed by atoms with Crippen molar-refractivity contribution in [3.63, 3.8) is 0 Å². The molecule has 1 aromatic rings. The number of ketones is 1.